The molecule has 2 aliphatic rings. The number of aliphatic hydroxyl groups excluding tert-OH is 1. The van der Waals surface area contributed by atoms with Gasteiger partial charge in [-0.15, -0.1) is 5.10 Å². The van der Waals surface area contributed by atoms with Crippen molar-refractivity contribution in [3.8, 4) is 16.9 Å². The van der Waals surface area contributed by atoms with Crippen molar-refractivity contribution in [2.45, 2.75) is 64.3 Å². The van der Waals surface area contributed by atoms with E-state index in [9.17, 15) is 14.3 Å². The largest absolute Gasteiger partial charge is 0.390 e. The smallest absolute Gasteiger partial charge is 0.254 e. The minimum atomic E-state index is -0.556. The molecule has 1 aromatic carbocycles. The molecule has 1 saturated carbocycles. The molecule has 0 radical (unpaired) electrons. The second-order valence-electron chi connectivity index (χ2n) is 10.1. The molecule has 1 aliphatic heterocycles. The van der Waals surface area contributed by atoms with Gasteiger partial charge in [-0.3, -0.25) is 14.7 Å². The molecule has 2 aromatic heterocycles. The number of pyridine rings is 1. The first-order valence-corrected chi connectivity index (χ1v) is 12.5. The minimum Gasteiger partial charge on any atom is -0.390 e. The van der Waals surface area contributed by atoms with Crippen LogP contribution in [0.3, 0.4) is 0 Å². The summed E-state index contributed by atoms with van der Waals surface area (Å²) in [7, 11) is 0. The molecule has 2 fully saturated rings. The normalized spacial score (nSPS) is 20.5. The Morgan fingerprint density at radius 3 is 2.72 bits per heavy atom. The molecule has 3 aromatic rings. The zero-order chi connectivity index (χ0) is 25.4. The van der Waals surface area contributed by atoms with Crippen LogP contribution in [0.5, 0.6) is 0 Å². The van der Waals surface area contributed by atoms with E-state index in [1.54, 1.807) is 30.2 Å². The predicted molar refractivity (Wildman–Crippen MR) is 135 cm³/mol. The van der Waals surface area contributed by atoms with Crippen LogP contribution in [-0.4, -0.2) is 73.2 Å². The summed E-state index contributed by atoms with van der Waals surface area (Å²) in [5.74, 6) is -0.972. The Hall–Kier alpha value is -3.37. The Morgan fingerprint density at radius 1 is 1.19 bits per heavy atom. The second kappa shape index (κ2) is 9.94. The summed E-state index contributed by atoms with van der Waals surface area (Å²) in [5, 5.41) is 25.4. The average molecular weight is 494 g/mol. The fourth-order valence-corrected chi connectivity index (χ4v) is 4.55. The van der Waals surface area contributed by atoms with Gasteiger partial charge in [-0.1, -0.05) is 5.21 Å². The van der Waals surface area contributed by atoms with Gasteiger partial charge in [0.2, 0.25) is 0 Å². The number of nitrogens with zero attached hydrogens (tertiary/aromatic N) is 5. The topological polar surface area (TPSA) is 108 Å². The first-order valence-electron chi connectivity index (χ1n) is 12.5. The molecule has 3 heterocycles. The number of piperidine rings is 1. The van der Waals surface area contributed by atoms with Crippen LogP contribution in [0.1, 0.15) is 49.0 Å². The first-order chi connectivity index (χ1) is 17.3. The summed E-state index contributed by atoms with van der Waals surface area (Å²) in [6.07, 6.45) is 7.37. The summed E-state index contributed by atoms with van der Waals surface area (Å²) < 4.78 is 16.1. The van der Waals surface area contributed by atoms with Gasteiger partial charge >= 0.3 is 0 Å². The number of rotatable bonds is 7. The lowest BCUT2D eigenvalue weighted by Crippen LogP contribution is -2.51. The van der Waals surface area contributed by atoms with Crippen LogP contribution < -0.4 is 10.6 Å². The predicted octanol–water partition coefficient (Wildman–Crippen LogP) is 2.92. The molecule has 5 rings (SSSR count). The summed E-state index contributed by atoms with van der Waals surface area (Å²) in [6.45, 7) is 7.60. The van der Waals surface area contributed by atoms with Gasteiger partial charge in [0, 0.05) is 43.1 Å². The van der Waals surface area contributed by atoms with Crippen molar-refractivity contribution >= 4 is 11.6 Å². The number of aliphatic hydroxyl groups is 1. The Balaban J connectivity index is 1.33. The molecular weight excluding hydrogens is 461 g/mol. The zero-order valence-corrected chi connectivity index (χ0v) is 20.8. The van der Waals surface area contributed by atoms with Crippen molar-refractivity contribution in [1.82, 2.24) is 30.2 Å². The molecule has 0 bridgehead atoms. The number of β-amino-alcohol motifs (C(OH)–C–C–N with tert-alkyl or cyclic N) is 1. The number of likely N-dealkylation sites (tertiary alicyclic amines) is 1. The number of amides is 1. The van der Waals surface area contributed by atoms with Gasteiger partial charge in [0.15, 0.2) is 0 Å². The fraction of sp³-hybridized carbons (Fsp3) is 0.462. The quantitative estimate of drug-likeness (QED) is 0.464. The number of carbonyl (C=O) groups excluding carboxylic acids is 1. The maximum Gasteiger partial charge on any atom is 0.254 e. The summed E-state index contributed by atoms with van der Waals surface area (Å²) in [6, 6.07) is 5.27. The van der Waals surface area contributed by atoms with Crippen molar-refractivity contribution in [1.29, 1.82) is 0 Å². The van der Waals surface area contributed by atoms with E-state index < -0.39 is 17.8 Å². The van der Waals surface area contributed by atoms with Crippen LogP contribution in [-0.2, 0) is 0 Å². The van der Waals surface area contributed by atoms with Gasteiger partial charge in [-0.05, 0) is 63.8 Å². The van der Waals surface area contributed by atoms with Crippen LogP contribution in [0.15, 0.2) is 36.8 Å². The molecule has 10 heteroatoms. The number of aromatic nitrogens is 4. The van der Waals surface area contributed by atoms with Crippen molar-refractivity contribution in [2.24, 2.45) is 0 Å². The number of hydrogen-bond acceptors (Lipinski definition) is 7. The van der Waals surface area contributed by atoms with E-state index in [1.165, 1.54) is 12.1 Å². The van der Waals surface area contributed by atoms with E-state index in [0.717, 1.165) is 37.1 Å². The minimum absolute atomic E-state index is 0.00511. The maximum absolute atomic E-state index is 14.5. The molecule has 1 saturated heterocycles. The van der Waals surface area contributed by atoms with Gasteiger partial charge in [0.25, 0.3) is 5.91 Å². The zero-order valence-electron chi connectivity index (χ0n) is 20.8. The summed E-state index contributed by atoms with van der Waals surface area (Å²) >= 11 is 0. The van der Waals surface area contributed by atoms with E-state index in [2.05, 4.69) is 44.7 Å². The first kappa shape index (κ1) is 24.3. The highest BCUT2D eigenvalue weighted by molar-refractivity contribution is 5.95. The summed E-state index contributed by atoms with van der Waals surface area (Å²) in [5.41, 5.74) is 3.36. The SMILES string of the molecule is Cc1cc(F)c(C(=O)NC2CC2)cc1-n1cc(-c2cncc(N[C@H]3CCN(C(C)C)C[C@H]3O)c2)nn1. The molecule has 0 unspecified atom stereocenters. The molecule has 1 amide bonds. The summed E-state index contributed by atoms with van der Waals surface area (Å²) in [4.78, 5) is 19.1. The molecular formula is C26H32FN7O2. The molecule has 190 valence electrons. The van der Waals surface area contributed by atoms with Gasteiger partial charge in [0.1, 0.15) is 11.5 Å². The van der Waals surface area contributed by atoms with Crippen LogP contribution in [0.25, 0.3) is 16.9 Å². The van der Waals surface area contributed by atoms with Crippen molar-refractivity contribution < 1.29 is 14.3 Å². The highest BCUT2D eigenvalue weighted by Crippen LogP contribution is 2.26. The number of nitrogens with one attached hydrogen (secondary N) is 2. The fourth-order valence-electron chi connectivity index (χ4n) is 4.55. The number of benzene rings is 1. The molecule has 2 atom stereocenters. The lowest BCUT2D eigenvalue weighted by molar-refractivity contribution is 0.0449. The molecule has 0 spiro atoms. The number of carbonyl (C=O) groups is 1. The van der Waals surface area contributed by atoms with Crippen LogP contribution in [0, 0.1) is 12.7 Å². The van der Waals surface area contributed by atoms with E-state index >= 15 is 0 Å². The van der Waals surface area contributed by atoms with Gasteiger partial charge in [-0.25, -0.2) is 9.07 Å². The average Bonchev–Trinajstić information content (AvgIpc) is 3.52. The third-order valence-corrected chi connectivity index (χ3v) is 6.91. The third kappa shape index (κ3) is 5.24. The molecule has 1 aliphatic carbocycles. The Labute approximate surface area is 209 Å². The van der Waals surface area contributed by atoms with Gasteiger partial charge in [0.05, 0.1) is 35.3 Å². The van der Waals surface area contributed by atoms with Gasteiger partial charge in [-0.2, -0.15) is 0 Å². The highest BCUT2D eigenvalue weighted by atomic mass is 19.1. The Morgan fingerprint density at radius 2 is 2.00 bits per heavy atom. The number of aryl methyl sites for hydroxylation is 1. The third-order valence-electron chi connectivity index (χ3n) is 6.91. The van der Waals surface area contributed by atoms with Crippen molar-refractivity contribution in [2.75, 3.05) is 18.4 Å². The maximum atomic E-state index is 14.5. The number of anilines is 1. The Kier molecular flexibility index (Phi) is 6.72. The van der Waals surface area contributed by atoms with Crippen molar-refractivity contribution in [3.63, 3.8) is 0 Å². The molecule has 3 N–H and O–H groups in total. The lowest BCUT2D eigenvalue weighted by atomic mass is 10.0. The standard InChI is InChI=1S/C26H32FN7O2/c1-15(2)33-7-6-22(25(35)14-33)29-19-9-17(11-28-12-19)23-13-34(32-31-23)24-10-20(21(27)8-16(24)3)26(36)30-18-4-5-18/h8-13,15,18,22,25,29,35H,4-7,14H2,1-3H3,(H,30,36)/t22-,25+/m0/s1. The van der Waals surface area contributed by atoms with Crippen LogP contribution >= 0.6 is 0 Å². The van der Waals surface area contributed by atoms with E-state index in [1.807, 2.05) is 6.07 Å². The van der Waals surface area contributed by atoms with E-state index in [0.29, 0.717) is 29.5 Å². The van der Waals surface area contributed by atoms with E-state index in [4.69, 9.17) is 0 Å². The lowest BCUT2D eigenvalue weighted by Gasteiger charge is -2.38. The second-order valence-corrected chi connectivity index (χ2v) is 10.1. The van der Waals surface area contributed by atoms with Crippen molar-refractivity contribution in [3.05, 3.63) is 53.7 Å². The van der Waals surface area contributed by atoms with Crippen LogP contribution in [0.2, 0.25) is 0 Å². The number of halogens is 1. The number of hydrogen-bond donors (Lipinski definition) is 3. The highest BCUT2D eigenvalue weighted by Gasteiger charge is 2.29. The Bertz CT molecular complexity index is 1260. The monoisotopic (exact) mass is 493 g/mol. The molecule has 9 nitrogen and oxygen atoms in total. The van der Waals surface area contributed by atoms with Crippen LogP contribution in [0.4, 0.5) is 10.1 Å². The molecule has 36 heavy (non-hydrogen) atoms. The van der Waals surface area contributed by atoms with Gasteiger partial charge < -0.3 is 15.7 Å². The van der Waals surface area contributed by atoms with E-state index in [-0.39, 0.29) is 17.6 Å².